The van der Waals surface area contributed by atoms with E-state index < -0.39 is 15.9 Å². The molecule has 2 aromatic carbocycles. The largest absolute Gasteiger partial charge is 0.468 e. The van der Waals surface area contributed by atoms with Gasteiger partial charge in [-0.15, -0.1) is 0 Å². The zero-order valence-corrected chi connectivity index (χ0v) is 17.6. The number of furan rings is 1. The zero-order valence-electron chi connectivity index (χ0n) is 16.1. The van der Waals surface area contributed by atoms with Crippen molar-refractivity contribution >= 4 is 33.2 Å². The molecule has 0 aliphatic heterocycles. The van der Waals surface area contributed by atoms with Gasteiger partial charge in [0, 0.05) is 10.7 Å². The quantitative estimate of drug-likeness (QED) is 0.600. The van der Waals surface area contributed by atoms with Gasteiger partial charge < -0.3 is 9.73 Å². The van der Waals surface area contributed by atoms with Crippen molar-refractivity contribution in [1.82, 2.24) is 4.31 Å². The first kappa shape index (κ1) is 21.1. The summed E-state index contributed by atoms with van der Waals surface area (Å²) >= 11 is 6.00. The third kappa shape index (κ3) is 5.26. The number of carbonyl (C=O) groups excluding carboxylic acids is 1. The van der Waals surface area contributed by atoms with Crippen molar-refractivity contribution in [1.29, 1.82) is 0 Å². The van der Waals surface area contributed by atoms with Crippen LogP contribution < -0.4 is 5.32 Å². The summed E-state index contributed by atoms with van der Waals surface area (Å²) in [5.74, 6) is -0.0370. The summed E-state index contributed by atoms with van der Waals surface area (Å²) in [6, 6.07) is 14.9. The van der Waals surface area contributed by atoms with Gasteiger partial charge in [0.2, 0.25) is 15.9 Å². The lowest BCUT2D eigenvalue weighted by atomic mass is 10.2. The Bertz CT molecular complexity index is 1090. The summed E-state index contributed by atoms with van der Waals surface area (Å²) in [6.07, 6.45) is 1.46. The summed E-state index contributed by atoms with van der Waals surface area (Å²) < 4.78 is 32.7. The molecule has 0 atom stereocenters. The Hall–Kier alpha value is -2.61. The fourth-order valence-corrected chi connectivity index (χ4v) is 4.28. The fraction of sp³-hybridized carbons (Fsp3) is 0.190. The molecule has 6 nitrogen and oxygen atoms in total. The molecule has 1 aromatic heterocycles. The summed E-state index contributed by atoms with van der Waals surface area (Å²) in [7, 11) is -3.91. The molecule has 3 rings (SSSR count). The van der Waals surface area contributed by atoms with Gasteiger partial charge in [-0.05, 0) is 55.8 Å². The molecule has 1 heterocycles. The van der Waals surface area contributed by atoms with E-state index in [0.717, 1.165) is 15.4 Å². The Kier molecular flexibility index (Phi) is 6.42. The van der Waals surface area contributed by atoms with Crippen molar-refractivity contribution in [3.05, 3.63) is 82.8 Å². The molecule has 0 spiro atoms. The van der Waals surface area contributed by atoms with Crippen molar-refractivity contribution < 1.29 is 17.6 Å². The predicted octanol–water partition coefficient (Wildman–Crippen LogP) is 4.38. The van der Waals surface area contributed by atoms with E-state index in [2.05, 4.69) is 5.32 Å². The average molecular weight is 433 g/mol. The highest BCUT2D eigenvalue weighted by atomic mass is 35.5. The van der Waals surface area contributed by atoms with Gasteiger partial charge in [0.25, 0.3) is 0 Å². The van der Waals surface area contributed by atoms with Crippen LogP contribution in [0.2, 0.25) is 5.02 Å². The van der Waals surface area contributed by atoms with Crippen LogP contribution in [0, 0.1) is 13.8 Å². The van der Waals surface area contributed by atoms with E-state index >= 15 is 0 Å². The fourth-order valence-electron chi connectivity index (χ4n) is 2.74. The number of anilines is 1. The number of rotatable bonds is 7. The number of nitrogens with one attached hydrogen (secondary N) is 1. The molecule has 1 amide bonds. The van der Waals surface area contributed by atoms with Gasteiger partial charge in [-0.3, -0.25) is 4.79 Å². The number of nitrogens with zero attached hydrogens (tertiary/aromatic N) is 1. The van der Waals surface area contributed by atoms with E-state index in [9.17, 15) is 13.2 Å². The van der Waals surface area contributed by atoms with Crippen LogP contribution in [-0.4, -0.2) is 25.2 Å². The van der Waals surface area contributed by atoms with Crippen LogP contribution in [-0.2, 0) is 21.4 Å². The van der Waals surface area contributed by atoms with E-state index in [0.29, 0.717) is 16.5 Å². The van der Waals surface area contributed by atoms with Gasteiger partial charge >= 0.3 is 0 Å². The van der Waals surface area contributed by atoms with Crippen LogP contribution in [0.25, 0.3) is 0 Å². The van der Waals surface area contributed by atoms with Crippen molar-refractivity contribution in [2.45, 2.75) is 25.3 Å². The molecule has 0 aliphatic rings. The average Bonchev–Trinajstić information content (AvgIpc) is 3.18. The SMILES string of the molecule is Cc1ccc(S(=O)(=O)N(CC(=O)Nc2cc(Cl)ccc2C)Cc2ccco2)cc1. The van der Waals surface area contributed by atoms with Gasteiger partial charge in [0.1, 0.15) is 5.76 Å². The highest BCUT2D eigenvalue weighted by molar-refractivity contribution is 7.89. The van der Waals surface area contributed by atoms with Gasteiger partial charge in [-0.2, -0.15) is 4.31 Å². The molecule has 0 saturated heterocycles. The molecule has 152 valence electrons. The lowest BCUT2D eigenvalue weighted by Crippen LogP contribution is -2.37. The maximum Gasteiger partial charge on any atom is 0.243 e. The number of carbonyl (C=O) groups is 1. The molecule has 0 unspecified atom stereocenters. The second-order valence-corrected chi connectivity index (χ2v) is 9.05. The van der Waals surface area contributed by atoms with Crippen molar-refractivity contribution in [2.24, 2.45) is 0 Å². The minimum atomic E-state index is -3.91. The van der Waals surface area contributed by atoms with Gasteiger partial charge in [0.05, 0.1) is 24.2 Å². The zero-order chi connectivity index (χ0) is 21.0. The smallest absolute Gasteiger partial charge is 0.243 e. The van der Waals surface area contributed by atoms with Crippen LogP contribution in [0.5, 0.6) is 0 Å². The summed E-state index contributed by atoms with van der Waals surface area (Å²) in [4.78, 5) is 12.8. The molecular weight excluding hydrogens is 412 g/mol. The van der Waals surface area contributed by atoms with Crippen molar-refractivity contribution in [3.63, 3.8) is 0 Å². The summed E-state index contributed by atoms with van der Waals surface area (Å²) in [5.41, 5.74) is 2.30. The van der Waals surface area contributed by atoms with Gasteiger partial charge in [-0.25, -0.2) is 8.42 Å². The second-order valence-electron chi connectivity index (χ2n) is 6.67. The molecule has 0 radical (unpaired) electrons. The number of hydrogen-bond donors (Lipinski definition) is 1. The third-order valence-electron chi connectivity index (χ3n) is 4.36. The van der Waals surface area contributed by atoms with Crippen LogP contribution in [0.4, 0.5) is 5.69 Å². The second kappa shape index (κ2) is 8.82. The standard InChI is InChI=1S/C21H21ClN2O4S/c1-15-5-9-19(10-6-15)29(26,27)24(13-18-4-3-11-28-18)14-21(25)23-20-12-17(22)8-7-16(20)2/h3-12H,13-14H2,1-2H3,(H,23,25). The molecule has 0 saturated carbocycles. The van der Waals surface area contributed by atoms with E-state index in [1.54, 1.807) is 42.5 Å². The number of halogens is 1. The summed E-state index contributed by atoms with van der Waals surface area (Å²) in [6.45, 7) is 3.27. The highest BCUT2D eigenvalue weighted by Gasteiger charge is 2.28. The number of sulfonamides is 1. The van der Waals surface area contributed by atoms with Crippen molar-refractivity contribution in [2.75, 3.05) is 11.9 Å². The van der Waals surface area contributed by atoms with Crippen LogP contribution in [0.15, 0.2) is 70.2 Å². The Labute approximate surface area is 175 Å². The first-order valence-electron chi connectivity index (χ1n) is 8.91. The van der Waals surface area contributed by atoms with Crippen molar-refractivity contribution in [3.8, 4) is 0 Å². The number of hydrogen-bond acceptors (Lipinski definition) is 4. The Balaban J connectivity index is 1.86. The maximum absolute atomic E-state index is 13.2. The first-order valence-corrected chi connectivity index (χ1v) is 10.7. The molecule has 3 aromatic rings. The number of aryl methyl sites for hydroxylation is 2. The molecule has 0 bridgehead atoms. The highest BCUT2D eigenvalue weighted by Crippen LogP contribution is 2.22. The monoisotopic (exact) mass is 432 g/mol. The molecule has 0 fully saturated rings. The molecular formula is C21H21ClN2O4S. The minimum absolute atomic E-state index is 0.0643. The Morgan fingerprint density at radius 3 is 2.48 bits per heavy atom. The predicted molar refractivity (Wildman–Crippen MR) is 112 cm³/mol. The first-order chi connectivity index (χ1) is 13.8. The lowest BCUT2D eigenvalue weighted by Gasteiger charge is -2.21. The van der Waals surface area contributed by atoms with Crippen LogP contribution >= 0.6 is 11.6 Å². The molecule has 0 aliphatic carbocycles. The molecule has 8 heteroatoms. The normalized spacial score (nSPS) is 11.6. The van der Waals surface area contributed by atoms with E-state index in [1.165, 1.54) is 18.4 Å². The number of amides is 1. The third-order valence-corrected chi connectivity index (χ3v) is 6.41. The van der Waals surface area contributed by atoms with E-state index in [1.807, 2.05) is 13.8 Å². The van der Waals surface area contributed by atoms with Crippen LogP contribution in [0.3, 0.4) is 0 Å². The van der Waals surface area contributed by atoms with Gasteiger partial charge in [0.15, 0.2) is 0 Å². The summed E-state index contributed by atoms with van der Waals surface area (Å²) in [5, 5.41) is 3.21. The van der Waals surface area contributed by atoms with Gasteiger partial charge in [-0.1, -0.05) is 35.4 Å². The van der Waals surface area contributed by atoms with E-state index in [-0.39, 0.29) is 18.0 Å². The Morgan fingerprint density at radius 1 is 1.10 bits per heavy atom. The van der Waals surface area contributed by atoms with E-state index in [4.69, 9.17) is 16.0 Å². The topological polar surface area (TPSA) is 79.6 Å². The minimum Gasteiger partial charge on any atom is -0.468 e. The molecule has 1 N–H and O–H groups in total. The maximum atomic E-state index is 13.2. The number of benzene rings is 2. The molecule has 29 heavy (non-hydrogen) atoms. The van der Waals surface area contributed by atoms with Crippen LogP contribution in [0.1, 0.15) is 16.9 Å². The lowest BCUT2D eigenvalue weighted by molar-refractivity contribution is -0.116. The Morgan fingerprint density at radius 2 is 1.83 bits per heavy atom.